The minimum absolute atomic E-state index is 0.322. The summed E-state index contributed by atoms with van der Waals surface area (Å²) in [5, 5.41) is 11.1. The second-order valence-corrected chi connectivity index (χ2v) is 5.68. The van der Waals surface area contributed by atoms with Gasteiger partial charge in [-0.2, -0.15) is 0 Å². The molecule has 1 aromatic rings. The molecule has 0 spiro atoms. The Bertz CT molecular complexity index is 430. The molecule has 0 aromatic heterocycles. The predicted molar refractivity (Wildman–Crippen MR) is 71.3 cm³/mol. The van der Waals surface area contributed by atoms with Gasteiger partial charge in [0, 0.05) is 10.6 Å². The second kappa shape index (κ2) is 5.16. The van der Waals surface area contributed by atoms with Gasteiger partial charge in [-0.05, 0) is 45.1 Å². The number of rotatable bonds is 3. The van der Waals surface area contributed by atoms with Crippen LogP contribution in [0.2, 0.25) is 5.02 Å². The van der Waals surface area contributed by atoms with Crippen molar-refractivity contribution >= 4 is 11.6 Å². The molecule has 1 aliphatic rings. The zero-order chi connectivity index (χ0) is 13.3. The van der Waals surface area contributed by atoms with Gasteiger partial charge in [0.25, 0.3) is 0 Å². The van der Waals surface area contributed by atoms with E-state index in [-0.39, 0.29) is 11.4 Å². The van der Waals surface area contributed by atoms with Crippen molar-refractivity contribution in [3.8, 4) is 0 Å². The van der Waals surface area contributed by atoms with Gasteiger partial charge in [-0.1, -0.05) is 24.4 Å². The molecule has 1 atom stereocenters. The van der Waals surface area contributed by atoms with Crippen molar-refractivity contribution in [2.45, 2.75) is 37.3 Å². The molecule has 0 radical (unpaired) electrons. The van der Waals surface area contributed by atoms with Crippen molar-refractivity contribution in [3.05, 3.63) is 34.6 Å². The van der Waals surface area contributed by atoms with E-state index in [1.807, 2.05) is 19.0 Å². The third kappa shape index (κ3) is 2.27. The number of hydrogen-bond donors (Lipinski definition) is 1. The van der Waals surface area contributed by atoms with Crippen LogP contribution in [-0.2, 0) is 0 Å². The first-order valence-corrected chi connectivity index (χ1v) is 6.65. The molecule has 1 fully saturated rings. The SMILES string of the molecule is CN(C)C1(C(O)c2cc(F)ccc2Cl)CCCC1. The predicted octanol–water partition coefficient (Wildman–Crippen LogP) is 3.39. The summed E-state index contributed by atoms with van der Waals surface area (Å²) in [5.74, 6) is -0.361. The lowest BCUT2D eigenvalue weighted by Crippen LogP contribution is -2.47. The molecule has 18 heavy (non-hydrogen) atoms. The van der Waals surface area contributed by atoms with Crippen LogP contribution in [0.3, 0.4) is 0 Å². The first-order chi connectivity index (χ1) is 8.47. The molecular weight excluding hydrogens is 253 g/mol. The van der Waals surface area contributed by atoms with E-state index in [1.54, 1.807) is 0 Å². The zero-order valence-electron chi connectivity index (χ0n) is 10.8. The number of halogens is 2. The van der Waals surface area contributed by atoms with Crippen LogP contribution in [0.5, 0.6) is 0 Å². The molecule has 2 nitrogen and oxygen atoms in total. The average Bonchev–Trinajstić information content (AvgIpc) is 2.82. The van der Waals surface area contributed by atoms with Gasteiger partial charge < -0.3 is 10.0 Å². The number of likely N-dealkylation sites (N-methyl/N-ethyl adjacent to an activating group) is 1. The van der Waals surface area contributed by atoms with Crippen molar-refractivity contribution in [2.24, 2.45) is 0 Å². The zero-order valence-corrected chi connectivity index (χ0v) is 11.5. The summed E-state index contributed by atoms with van der Waals surface area (Å²) >= 11 is 6.09. The van der Waals surface area contributed by atoms with Gasteiger partial charge in [0.05, 0.1) is 11.6 Å². The van der Waals surface area contributed by atoms with Gasteiger partial charge in [0.15, 0.2) is 0 Å². The number of nitrogens with zero attached hydrogens (tertiary/aromatic N) is 1. The Kier molecular flexibility index (Phi) is 3.95. The maximum atomic E-state index is 13.3. The smallest absolute Gasteiger partial charge is 0.123 e. The monoisotopic (exact) mass is 271 g/mol. The fourth-order valence-corrected chi connectivity index (χ4v) is 3.19. The summed E-state index contributed by atoms with van der Waals surface area (Å²) in [4.78, 5) is 2.05. The molecule has 1 N–H and O–H groups in total. The fraction of sp³-hybridized carbons (Fsp3) is 0.571. The van der Waals surface area contributed by atoms with E-state index in [4.69, 9.17) is 11.6 Å². The van der Waals surface area contributed by atoms with Gasteiger partial charge >= 0.3 is 0 Å². The van der Waals surface area contributed by atoms with Gasteiger partial charge in [-0.3, -0.25) is 0 Å². The number of benzene rings is 1. The van der Waals surface area contributed by atoms with Gasteiger partial charge in [-0.15, -0.1) is 0 Å². The molecule has 0 saturated heterocycles. The summed E-state index contributed by atoms with van der Waals surface area (Å²) < 4.78 is 13.3. The average molecular weight is 272 g/mol. The highest BCUT2D eigenvalue weighted by Crippen LogP contribution is 2.44. The van der Waals surface area contributed by atoms with E-state index in [0.717, 1.165) is 25.7 Å². The second-order valence-electron chi connectivity index (χ2n) is 5.27. The van der Waals surface area contributed by atoms with Crippen LogP contribution in [0, 0.1) is 5.82 Å². The van der Waals surface area contributed by atoms with Crippen LogP contribution in [-0.4, -0.2) is 29.6 Å². The van der Waals surface area contributed by atoms with Crippen LogP contribution in [0.1, 0.15) is 37.4 Å². The minimum atomic E-state index is -0.752. The molecule has 1 saturated carbocycles. The van der Waals surface area contributed by atoms with Gasteiger partial charge in [-0.25, -0.2) is 4.39 Å². The van der Waals surface area contributed by atoms with Gasteiger partial charge in [0.2, 0.25) is 0 Å². The van der Waals surface area contributed by atoms with Gasteiger partial charge in [0.1, 0.15) is 5.82 Å². The maximum absolute atomic E-state index is 13.3. The molecule has 1 aromatic carbocycles. The topological polar surface area (TPSA) is 23.5 Å². The van der Waals surface area contributed by atoms with Crippen molar-refractivity contribution in [1.82, 2.24) is 4.90 Å². The quantitative estimate of drug-likeness (QED) is 0.911. The van der Waals surface area contributed by atoms with E-state index in [9.17, 15) is 9.50 Å². The third-order valence-corrected chi connectivity index (χ3v) is 4.47. The Labute approximate surface area is 112 Å². The van der Waals surface area contributed by atoms with Crippen molar-refractivity contribution < 1.29 is 9.50 Å². The third-order valence-electron chi connectivity index (χ3n) is 4.12. The lowest BCUT2D eigenvalue weighted by Gasteiger charge is -2.41. The lowest BCUT2D eigenvalue weighted by molar-refractivity contribution is -0.00484. The highest BCUT2D eigenvalue weighted by Gasteiger charge is 2.43. The number of hydrogen-bond acceptors (Lipinski definition) is 2. The van der Waals surface area contributed by atoms with E-state index in [0.29, 0.717) is 10.6 Å². The molecule has 0 bridgehead atoms. The Morgan fingerprint density at radius 1 is 1.33 bits per heavy atom. The summed E-state index contributed by atoms with van der Waals surface area (Å²) in [7, 11) is 3.92. The Morgan fingerprint density at radius 3 is 2.50 bits per heavy atom. The van der Waals surface area contributed by atoms with Crippen molar-refractivity contribution in [3.63, 3.8) is 0 Å². The van der Waals surface area contributed by atoms with Crippen molar-refractivity contribution in [2.75, 3.05) is 14.1 Å². The largest absolute Gasteiger partial charge is 0.386 e. The first kappa shape index (κ1) is 13.8. The lowest BCUT2D eigenvalue weighted by atomic mass is 9.84. The van der Waals surface area contributed by atoms with E-state index in [1.165, 1.54) is 18.2 Å². The van der Waals surface area contributed by atoms with E-state index < -0.39 is 6.10 Å². The van der Waals surface area contributed by atoms with Crippen LogP contribution in [0.15, 0.2) is 18.2 Å². The van der Waals surface area contributed by atoms with E-state index in [2.05, 4.69) is 0 Å². The molecular formula is C14H19ClFNO. The fourth-order valence-electron chi connectivity index (χ4n) is 2.97. The van der Waals surface area contributed by atoms with Crippen molar-refractivity contribution in [1.29, 1.82) is 0 Å². The first-order valence-electron chi connectivity index (χ1n) is 6.28. The highest BCUT2D eigenvalue weighted by molar-refractivity contribution is 6.31. The van der Waals surface area contributed by atoms with Crippen LogP contribution in [0.4, 0.5) is 4.39 Å². The van der Waals surface area contributed by atoms with Crippen LogP contribution < -0.4 is 0 Å². The summed E-state index contributed by atoms with van der Waals surface area (Å²) in [6.07, 6.45) is 3.24. The van der Waals surface area contributed by atoms with Crippen LogP contribution >= 0.6 is 11.6 Å². The molecule has 0 aliphatic heterocycles. The normalized spacial score (nSPS) is 20.3. The Morgan fingerprint density at radius 2 is 1.94 bits per heavy atom. The molecule has 4 heteroatoms. The summed E-state index contributed by atoms with van der Waals surface area (Å²) in [5.41, 5.74) is 0.171. The van der Waals surface area contributed by atoms with E-state index >= 15 is 0 Å². The molecule has 100 valence electrons. The number of aliphatic hydroxyl groups excluding tert-OH is 1. The summed E-state index contributed by atoms with van der Waals surface area (Å²) in [6.45, 7) is 0. The van der Waals surface area contributed by atoms with Crippen LogP contribution in [0.25, 0.3) is 0 Å². The molecule has 0 amide bonds. The summed E-state index contributed by atoms with van der Waals surface area (Å²) in [6, 6.07) is 4.17. The molecule has 0 heterocycles. The highest BCUT2D eigenvalue weighted by atomic mass is 35.5. The standard InChI is InChI=1S/C14H19ClFNO/c1-17(2)14(7-3-4-8-14)13(18)11-9-10(16)5-6-12(11)15/h5-6,9,13,18H,3-4,7-8H2,1-2H3. The molecule has 1 aliphatic carbocycles. The Balaban J connectivity index is 2.39. The number of aliphatic hydroxyl groups is 1. The Hall–Kier alpha value is -0.640. The molecule has 1 unspecified atom stereocenters. The maximum Gasteiger partial charge on any atom is 0.123 e. The molecule has 2 rings (SSSR count). The minimum Gasteiger partial charge on any atom is -0.386 e.